The number of benzene rings is 1. The molecule has 1 aromatic carbocycles. The lowest BCUT2D eigenvalue weighted by molar-refractivity contribution is -0.480. The van der Waals surface area contributed by atoms with Crippen LogP contribution in [0.3, 0.4) is 0 Å². The number of rotatable bonds is 3. The van der Waals surface area contributed by atoms with Crippen LogP contribution in [-0.4, -0.2) is 16.0 Å². The normalized spacial score (nSPS) is 12.4. The van der Waals surface area contributed by atoms with Gasteiger partial charge in [0.05, 0.1) is 9.82 Å². The van der Waals surface area contributed by atoms with E-state index >= 15 is 0 Å². The van der Waals surface area contributed by atoms with Crippen molar-refractivity contribution in [1.29, 1.82) is 0 Å². The van der Waals surface area contributed by atoms with Gasteiger partial charge in [-0.2, -0.15) is 0 Å². The summed E-state index contributed by atoms with van der Waals surface area (Å²) in [4.78, 5) is 9.42. The molecular formula is C7H4Br2ClNO4S. The maximum absolute atomic E-state index is 11.8. The van der Waals surface area contributed by atoms with Gasteiger partial charge in [-0.15, -0.1) is 0 Å². The van der Waals surface area contributed by atoms with E-state index in [4.69, 9.17) is 11.6 Å². The first-order valence-electron chi connectivity index (χ1n) is 3.72. The predicted octanol–water partition coefficient (Wildman–Crippen LogP) is 2.79. The molecule has 0 spiro atoms. The fourth-order valence-corrected chi connectivity index (χ4v) is 3.08. The maximum Gasteiger partial charge on any atom is 0.428 e. The molecular weight excluding hydrogens is 389 g/mol. The SMILES string of the molecule is O=[N+]([O-])C(Br)(Br)S(=O)(=O)c1ccc(Cl)cc1. The standard InChI is InChI=1S/C7H4Br2ClNO4S/c8-7(9,11(12)13)16(14,15)6-3-1-5(10)2-4-6/h1-4H. The van der Waals surface area contributed by atoms with E-state index < -0.39 is 17.5 Å². The first-order valence-corrected chi connectivity index (χ1v) is 7.17. The van der Waals surface area contributed by atoms with Crippen molar-refractivity contribution in [2.45, 2.75) is 7.58 Å². The number of hydrogen-bond donors (Lipinski definition) is 0. The van der Waals surface area contributed by atoms with Gasteiger partial charge in [0.2, 0.25) is 0 Å². The largest absolute Gasteiger partial charge is 0.428 e. The van der Waals surface area contributed by atoms with Crippen molar-refractivity contribution in [2.75, 3.05) is 0 Å². The van der Waals surface area contributed by atoms with E-state index in [0.717, 1.165) is 0 Å². The minimum absolute atomic E-state index is 0.206. The zero-order valence-corrected chi connectivity index (χ0v) is 12.2. The fourth-order valence-electron chi connectivity index (χ4n) is 0.854. The Balaban J connectivity index is 3.33. The monoisotopic (exact) mass is 391 g/mol. The fraction of sp³-hybridized carbons (Fsp3) is 0.143. The summed E-state index contributed by atoms with van der Waals surface area (Å²) in [6.45, 7) is 0. The molecule has 1 aromatic rings. The smallest absolute Gasteiger partial charge is 0.261 e. The van der Waals surface area contributed by atoms with Gasteiger partial charge in [0.15, 0.2) is 0 Å². The number of halogens is 3. The molecule has 0 N–H and O–H groups in total. The van der Waals surface area contributed by atoms with Gasteiger partial charge < -0.3 is 0 Å². The molecule has 0 heterocycles. The van der Waals surface area contributed by atoms with Gasteiger partial charge >= 0.3 is 2.69 Å². The molecule has 0 aliphatic heterocycles. The molecule has 9 heteroatoms. The zero-order valence-electron chi connectivity index (χ0n) is 7.43. The first-order chi connectivity index (χ1) is 7.19. The summed E-state index contributed by atoms with van der Waals surface area (Å²) in [5.74, 6) is 0. The van der Waals surface area contributed by atoms with Crippen molar-refractivity contribution in [3.05, 3.63) is 39.4 Å². The summed E-state index contributed by atoms with van der Waals surface area (Å²) in [6, 6.07) is 5.06. The summed E-state index contributed by atoms with van der Waals surface area (Å²) in [7, 11) is -4.18. The minimum atomic E-state index is -4.18. The lowest BCUT2D eigenvalue weighted by Crippen LogP contribution is -2.33. The van der Waals surface area contributed by atoms with Gasteiger partial charge in [-0.25, -0.2) is 8.42 Å². The van der Waals surface area contributed by atoms with E-state index in [1.807, 2.05) is 0 Å². The van der Waals surface area contributed by atoms with Crippen LogP contribution < -0.4 is 0 Å². The molecule has 0 aliphatic carbocycles. The second kappa shape index (κ2) is 4.59. The molecule has 0 aromatic heterocycles. The molecule has 0 atom stereocenters. The second-order valence-corrected chi connectivity index (χ2v) is 9.62. The average Bonchev–Trinajstić information content (AvgIpc) is 2.17. The van der Waals surface area contributed by atoms with Crippen molar-refractivity contribution in [1.82, 2.24) is 0 Å². The van der Waals surface area contributed by atoms with E-state index in [9.17, 15) is 18.5 Å². The second-order valence-electron chi connectivity index (χ2n) is 2.70. The Bertz CT molecular complexity index is 514. The van der Waals surface area contributed by atoms with Gasteiger partial charge in [-0.3, -0.25) is 10.1 Å². The molecule has 0 radical (unpaired) electrons. The van der Waals surface area contributed by atoms with Crippen molar-refractivity contribution in [2.24, 2.45) is 0 Å². The average molecular weight is 393 g/mol. The van der Waals surface area contributed by atoms with Crippen LogP contribution >= 0.6 is 43.5 Å². The summed E-state index contributed by atoms with van der Waals surface area (Å²) in [5.41, 5.74) is 0. The molecule has 0 fully saturated rings. The van der Waals surface area contributed by atoms with Crippen molar-refractivity contribution < 1.29 is 13.3 Å². The van der Waals surface area contributed by atoms with E-state index in [1.165, 1.54) is 24.3 Å². The van der Waals surface area contributed by atoms with Crippen LogP contribution in [0.2, 0.25) is 5.02 Å². The summed E-state index contributed by atoms with van der Waals surface area (Å²) < 4.78 is 21.2. The topological polar surface area (TPSA) is 77.3 Å². The highest BCUT2D eigenvalue weighted by atomic mass is 79.9. The Morgan fingerprint density at radius 2 is 1.69 bits per heavy atom. The molecule has 5 nitrogen and oxygen atoms in total. The van der Waals surface area contributed by atoms with Gasteiger partial charge in [0.25, 0.3) is 9.84 Å². The highest BCUT2D eigenvalue weighted by molar-refractivity contribution is 9.27. The van der Waals surface area contributed by atoms with Crippen LogP contribution in [0.15, 0.2) is 29.2 Å². The number of sulfone groups is 1. The Morgan fingerprint density at radius 3 is 2.06 bits per heavy atom. The molecule has 0 amide bonds. The molecule has 1 rings (SSSR count). The maximum atomic E-state index is 11.8. The van der Waals surface area contributed by atoms with E-state index in [0.29, 0.717) is 5.02 Å². The van der Waals surface area contributed by atoms with Crippen LogP contribution in [-0.2, 0) is 9.84 Å². The van der Waals surface area contributed by atoms with Crippen LogP contribution in [0.1, 0.15) is 0 Å². The lowest BCUT2D eigenvalue weighted by atomic mass is 10.4. The summed E-state index contributed by atoms with van der Waals surface area (Å²) in [6.07, 6.45) is 0. The highest BCUT2D eigenvalue weighted by Gasteiger charge is 2.52. The Labute approximate surface area is 113 Å². The van der Waals surface area contributed by atoms with E-state index in [1.54, 1.807) is 0 Å². The van der Waals surface area contributed by atoms with Crippen molar-refractivity contribution in [3.63, 3.8) is 0 Å². The first kappa shape index (κ1) is 13.9. The minimum Gasteiger partial charge on any atom is -0.261 e. The zero-order chi connectivity index (χ0) is 12.6. The molecule has 88 valence electrons. The number of alkyl halides is 2. The molecule has 16 heavy (non-hydrogen) atoms. The lowest BCUT2D eigenvalue weighted by Gasteiger charge is -2.12. The molecule has 0 saturated heterocycles. The Hall–Kier alpha value is -0.180. The quantitative estimate of drug-likeness (QED) is 0.342. The van der Waals surface area contributed by atoms with E-state index in [-0.39, 0.29) is 4.90 Å². The van der Waals surface area contributed by atoms with E-state index in [2.05, 4.69) is 31.9 Å². The van der Waals surface area contributed by atoms with Gasteiger partial charge in [0.1, 0.15) is 0 Å². The predicted molar refractivity (Wildman–Crippen MR) is 66.2 cm³/mol. The molecule has 0 saturated carbocycles. The van der Waals surface area contributed by atoms with Crippen molar-refractivity contribution in [3.8, 4) is 0 Å². The molecule has 0 aliphatic rings. The van der Waals surface area contributed by atoms with Gasteiger partial charge in [-0.1, -0.05) is 11.6 Å². The van der Waals surface area contributed by atoms with Gasteiger partial charge in [0, 0.05) is 36.9 Å². The summed E-state index contributed by atoms with van der Waals surface area (Å²) in [5, 5.41) is 11.0. The Kier molecular flexibility index (Phi) is 3.99. The van der Waals surface area contributed by atoms with Gasteiger partial charge in [-0.05, 0) is 24.3 Å². The third-order valence-corrected chi connectivity index (χ3v) is 6.74. The Morgan fingerprint density at radius 1 is 1.25 bits per heavy atom. The number of nitrogens with zero attached hydrogens (tertiary/aromatic N) is 1. The van der Waals surface area contributed by atoms with Crippen LogP contribution in [0.25, 0.3) is 0 Å². The van der Waals surface area contributed by atoms with Crippen molar-refractivity contribution >= 4 is 53.3 Å². The number of hydrogen-bond acceptors (Lipinski definition) is 4. The summed E-state index contributed by atoms with van der Waals surface area (Å²) >= 11 is 10.6. The van der Waals surface area contributed by atoms with Crippen LogP contribution in [0.5, 0.6) is 0 Å². The van der Waals surface area contributed by atoms with Crippen LogP contribution in [0, 0.1) is 10.1 Å². The highest BCUT2D eigenvalue weighted by Crippen LogP contribution is 2.38. The third-order valence-electron chi connectivity index (χ3n) is 1.66. The van der Waals surface area contributed by atoms with Crippen LogP contribution in [0.4, 0.5) is 0 Å². The molecule has 0 unspecified atom stereocenters. The number of nitro groups is 1. The third kappa shape index (κ3) is 2.39. The molecule has 0 bridgehead atoms.